The predicted molar refractivity (Wildman–Crippen MR) is 100 cm³/mol. The third kappa shape index (κ3) is 3.68. The van der Waals surface area contributed by atoms with Gasteiger partial charge in [0.2, 0.25) is 0 Å². The summed E-state index contributed by atoms with van der Waals surface area (Å²) >= 11 is 0. The van der Waals surface area contributed by atoms with Gasteiger partial charge in [0.25, 0.3) is 0 Å². The van der Waals surface area contributed by atoms with E-state index in [2.05, 4.69) is 57.2 Å². The molecule has 3 aromatic rings. The van der Waals surface area contributed by atoms with Gasteiger partial charge in [-0.25, -0.2) is 0 Å². The standard InChI is InChI=1S/C21H22BO.Na/c1-16-4-10-19(11-5-16)22(23,20-12-6-17(2)7-13-20)21-14-8-18(3)9-15-21;/h4-15,23H,1-3H3;/q-1;+1. The Labute approximate surface area is 167 Å². The fraction of sp³-hybridized carbons (Fsp3) is 0.143. The molecule has 1 N–H and O–H groups in total. The Hall–Kier alpha value is -1.32. The summed E-state index contributed by atoms with van der Waals surface area (Å²) in [5.41, 5.74) is 6.43. The van der Waals surface area contributed by atoms with Crippen molar-refractivity contribution in [1.29, 1.82) is 0 Å². The van der Waals surface area contributed by atoms with Crippen molar-refractivity contribution in [2.45, 2.75) is 20.8 Å². The second kappa shape index (κ2) is 7.71. The quantitative estimate of drug-likeness (QED) is 0.649. The van der Waals surface area contributed by atoms with E-state index in [0.29, 0.717) is 0 Å². The molecule has 0 radical (unpaired) electrons. The molecule has 0 bridgehead atoms. The van der Waals surface area contributed by atoms with E-state index in [0.717, 1.165) is 16.4 Å². The third-order valence-electron chi connectivity index (χ3n) is 4.68. The molecule has 0 aliphatic rings. The van der Waals surface area contributed by atoms with Crippen LogP contribution < -0.4 is 45.9 Å². The molecule has 0 heterocycles. The topological polar surface area (TPSA) is 20.2 Å². The number of hydrogen-bond donors (Lipinski definition) is 1. The van der Waals surface area contributed by atoms with Crippen LogP contribution in [-0.2, 0) is 0 Å². The smallest absolute Gasteiger partial charge is 0.594 e. The average molecular weight is 324 g/mol. The maximum Gasteiger partial charge on any atom is 1.00 e. The fourth-order valence-corrected chi connectivity index (χ4v) is 3.11. The van der Waals surface area contributed by atoms with E-state index in [-0.39, 0.29) is 29.6 Å². The van der Waals surface area contributed by atoms with Gasteiger partial charge in [-0.1, -0.05) is 89.5 Å². The summed E-state index contributed by atoms with van der Waals surface area (Å²) in [6.07, 6.45) is -1.96. The van der Waals surface area contributed by atoms with Crippen molar-refractivity contribution in [3.05, 3.63) is 89.5 Å². The first-order chi connectivity index (χ1) is 11.0. The van der Waals surface area contributed by atoms with Gasteiger partial charge >= 0.3 is 29.6 Å². The van der Waals surface area contributed by atoms with Crippen LogP contribution in [0.2, 0.25) is 0 Å². The zero-order valence-corrected chi connectivity index (χ0v) is 17.0. The van der Waals surface area contributed by atoms with Gasteiger partial charge in [0.15, 0.2) is 6.35 Å². The number of hydrogen-bond acceptors (Lipinski definition) is 1. The van der Waals surface area contributed by atoms with Crippen molar-refractivity contribution < 1.29 is 34.6 Å². The van der Waals surface area contributed by atoms with Gasteiger partial charge in [0, 0.05) is 0 Å². The first kappa shape index (κ1) is 19.0. The van der Waals surface area contributed by atoms with Crippen molar-refractivity contribution in [3.63, 3.8) is 0 Å². The molecule has 3 aromatic carbocycles. The zero-order valence-electron chi connectivity index (χ0n) is 15.0. The van der Waals surface area contributed by atoms with Crippen molar-refractivity contribution in [1.82, 2.24) is 0 Å². The van der Waals surface area contributed by atoms with Crippen molar-refractivity contribution in [2.75, 3.05) is 0 Å². The Kier molecular flexibility index (Phi) is 6.11. The van der Waals surface area contributed by atoms with Crippen molar-refractivity contribution in [2.24, 2.45) is 0 Å². The molecular weight excluding hydrogens is 302 g/mol. The SMILES string of the molecule is Cc1ccc([B-](O)(c2ccc(C)cc2)c2ccc(C)cc2)cc1.[Na+]. The van der Waals surface area contributed by atoms with Gasteiger partial charge in [-0.05, 0) is 20.8 Å². The minimum absolute atomic E-state index is 0. The Morgan fingerprint density at radius 3 is 0.917 bits per heavy atom. The molecule has 0 fully saturated rings. The van der Waals surface area contributed by atoms with Crippen LogP contribution in [0.15, 0.2) is 72.8 Å². The van der Waals surface area contributed by atoms with E-state index in [1.165, 1.54) is 16.7 Å². The Morgan fingerprint density at radius 1 is 0.500 bits per heavy atom. The molecule has 0 aliphatic heterocycles. The van der Waals surface area contributed by atoms with Crippen LogP contribution in [0.1, 0.15) is 16.7 Å². The molecule has 3 rings (SSSR count). The third-order valence-corrected chi connectivity index (χ3v) is 4.68. The molecule has 1 nitrogen and oxygen atoms in total. The van der Waals surface area contributed by atoms with Gasteiger partial charge in [-0.15, -0.1) is 0 Å². The van der Waals surface area contributed by atoms with Crippen LogP contribution >= 0.6 is 0 Å². The zero-order chi connectivity index (χ0) is 16.4. The summed E-state index contributed by atoms with van der Waals surface area (Å²) in [4.78, 5) is 0. The second-order valence-electron chi connectivity index (χ2n) is 6.55. The molecule has 0 spiro atoms. The van der Waals surface area contributed by atoms with E-state index in [4.69, 9.17) is 0 Å². The van der Waals surface area contributed by atoms with Crippen molar-refractivity contribution in [3.8, 4) is 0 Å². The molecule has 0 saturated carbocycles. The van der Waals surface area contributed by atoms with E-state index in [1.807, 2.05) is 36.4 Å². The average Bonchev–Trinajstić information content (AvgIpc) is 2.56. The first-order valence-electron chi connectivity index (χ1n) is 8.09. The Morgan fingerprint density at radius 2 is 0.708 bits per heavy atom. The summed E-state index contributed by atoms with van der Waals surface area (Å²) in [7, 11) is 0. The summed E-state index contributed by atoms with van der Waals surface area (Å²) in [6.45, 7) is 6.19. The predicted octanol–water partition coefficient (Wildman–Crippen LogP) is -0.425. The van der Waals surface area contributed by atoms with Gasteiger partial charge in [-0.2, -0.15) is 16.4 Å². The number of aryl methyl sites for hydroxylation is 3. The van der Waals surface area contributed by atoms with Crippen LogP contribution in [0, 0.1) is 20.8 Å². The number of benzene rings is 3. The van der Waals surface area contributed by atoms with E-state index in [9.17, 15) is 5.02 Å². The maximum absolute atomic E-state index is 11.8. The van der Waals surface area contributed by atoms with Crippen LogP contribution in [0.25, 0.3) is 0 Å². The molecular formula is C21H22BNaO. The molecule has 0 saturated heterocycles. The normalized spacial score (nSPS) is 11.0. The van der Waals surface area contributed by atoms with E-state index >= 15 is 0 Å². The summed E-state index contributed by atoms with van der Waals surface area (Å²) in [5.74, 6) is 0. The first-order valence-corrected chi connectivity index (χ1v) is 8.09. The molecule has 3 heteroatoms. The van der Waals surface area contributed by atoms with E-state index < -0.39 is 6.35 Å². The second-order valence-corrected chi connectivity index (χ2v) is 6.55. The van der Waals surface area contributed by atoms with Crippen LogP contribution in [0.5, 0.6) is 0 Å². The maximum atomic E-state index is 11.8. The van der Waals surface area contributed by atoms with Crippen molar-refractivity contribution >= 4 is 22.7 Å². The van der Waals surface area contributed by atoms with Crippen LogP contribution in [0.4, 0.5) is 0 Å². The molecule has 116 valence electrons. The minimum Gasteiger partial charge on any atom is -0.594 e. The number of rotatable bonds is 3. The summed E-state index contributed by atoms with van der Waals surface area (Å²) < 4.78 is 0. The van der Waals surface area contributed by atoms with Gasteiger partial charge in [-0.3, -0.25) is 0 Å². The Balaban J connectivity index is 0.00000208. The van der Waals surface area contributed by atoms with Gasteiger partial charge in [0.1, 0.15) is 0 Å². The Bertz CT molecular complexity index is 682. The van der Waals surface area contributed by atoms with Gasteiger partial charge < -0.3 is 5.02 Å². The summed E-state index contributed by atoms with van der Waals surface area (Å²) in [5, 5.41) is 11.8. The van der Waals surface area contributed by atoms with Gasteiger partial charge in [0.05, 0.1) is 0 Å². The van der Waals surface area contributed by atoms with Crippen LogP contribution in [-0.4, -0.2) is 11.4 Å². The summed E-state index contributed by atoms with van der Waals surface area (Å²) in [6, 6.07) is 24.6. The molecule has 0 aliphatic carbocycles. The van der Waals surface area contributed by atoms with Crippen LogP contribution in [0.3, 0.4) is 0 Å². The monoisotopic (exact) mass is 324 g/mol. The van der Waals surface area contributed by atoms with E-state index in [1.54, 1.807) is 0 Å². The molecule has 0 amide bonds. The largest absolute Gasteiger partial charge is 1.00 e. The molecule has 0 atom stereocenters. The molecule has 24 heavy (non-hydrogen) atoms. The minimum atomic E-state index is -1.96. The molecule has 0 aromatic heterocycles. The fourth-order valence-electron chi connectivity index (χ4n) is 3.11. The molecule has 0 unspecified atom stereocenters.